The summed E-state index contributed by atoms with van der Waals surface area (Å²) in [4.78, 5) is 0. The van der Waals surface area contributed by atoms with E-state index >= 15 is 0 Å². The third-order valence-corrected chi connectivity index (χ3v) is 0. The van der Waals surface area contributed by atoms with Crippen LogP contribution >= 0.6 is 0 Å². The van der Waals surface area contributed by atoms with Gasteiger partial charge in [-0.2, -0.15) is 0 Å². The fourth-order valence-corrected chi connectivity index (χ4v) is 0. The molecule has 6 heteroatoms. The summed E-state index contributed by atoms with van der Waals surface area (Å²) in [6.07, 6.45) is 0. The van der Waals surface area contributed by atoms with Gasteiger partial charge >= 0.3 is 116 Å². The third kappa shape index (κ3) is 26.7. The molecule has 0 aromatic heterocycles. The van der Waals surface area contributed by atoms with E-state index in [1.807, 2.05) is 0 Å². The summed E-state index contributed by atoms with van der Waals surface area (Å²) in [7, 11) is 0. The predicted molar refractivity (Wildman–Crippen MR) is 22.2 cm³/mol. The second-order valence-corrected chi connectivity index (χ2v) is 1.17. The Hall–Kier alpha value is 3.27. The second kappa shape index (κ2) is 11.1. The summed E-state index contributed by atoms with van der Waals surface area (Å²) in [5, 5.41) is 0. The number of hydrogen-bond donors (Lipinski definition) is 2. The summed E-state index contributed by atoms with van der Waals surface area (Å²) in [5.41, 5.74) is 0. The fraction of sp³-hybridized carbons (Fsp3) is 0. The first-order chi connectivity index (χ1) is 1.73. The SMILES string of the molecule is [BaH2].[CaH2].[O]=[Ti]([OH])[OH]. The van der Waals surface area contributed by atoms with Crippen molar-refractivity contribution in [2.45, 2.75) is 0 Å². The first kappa shape index (κ1) is 16.1. The molecule has 0 aromatic carbocycles. The van der Waals surface area contributed by atoms with Crippen LogP contribution in [-0.2, 0) is 21.9 Å². The monoisotopic (exact) mass is 280 g/mol. The Morgan fingerprint density at radius 1 is 1.33 bits per heavy atom. The maximum absolute atomic E-state index is 8.81. The fourth-order valence-electron chi connectivity index (χ4n) is 0. The van der Waals surface area contributed by atoms with Crippen molar-refractivity contribution >= 4 is 86.6 Å². The molecular formula is H6BaCaO3Ti. The zero-order valence-corrected chi connectivity index (χ0v) is 3.36. The quantitative estimate of drug-likeness (QED) is 0.463. The molecule has 0 rings (SSSR count). The minimum atomic E-state index is -3.58. The van der Waals surface area contributed by atoms with Crippen LogP contribution in [0.1, 0.15) is 0 Å². The first-order valence-corrected chi connectivity index (χ1v) is 2.69. The minimum absolute atomic E-state index is 0. The Morgan fingerprint density at radius 2 is 1.33 bits per heavy atom. The van der Waals surface area contributed by atoms with Gasteiger partial charge in [0.25, 0.3) is 0 Å². The molecule has 0 radical (unpaired) electrons. The molecule has 0 amide bonds. The van der Waals surface area contributed by atoms with Crippen LogP contribution in [0.3, 0.4) is 0 Å². The number of rotatable bonds is 0. The standard InChI is InChI=1S/Ba.Ca.2H2O.O.Ti.4H/h;;2*1H2;;;;;;/q;;;;;+2;;;;/p-2. The van der Waals surface area contributed by atoms with E-state index in [-0.39, 0.29) is 86.6 Å². The van der Waals surface area contributed by atoms with Gasteiger partial charge in [0, 0.05) is 0 Å². The van der Waals surface area contributed by atoms with Crippen molar-refractivity contribution in [3.8, 4) is 0 Å². The third-order valence-electron chi connectivity index (χ3n) is 0. The first-order valence-electron chi connectivity index (χ1n) is 0.651. The van der Waals surface area contributed by atoms with E-state index < -0.39 is 18.6 Å². The Balaban J connectivity index is -0.0000000450. The van der Waals surface area contributed by atoms with Gasteiger partial charge in [0.05, 0.1) is 0 Å². The molecule has 0 bridgehead atoms. The second-order valence-electron chi connectivity index (χ2n) is 0.283. The van der Waals surface area contributed by atoms with Gasteiger partial charge in [-0.15, -0.1) is 0 Å². The summed E-state index contributed by atoms with van der Waals surface area (Å²) in [5.74, 6) is 0. The molecule has 2 N–H and O–H groups in total. The molecule has 0 saturated carbocycles. The molecule has 0 unspecified atom stereocenters. The van der Waals surface area contributed by atoms with Gasteiger partial charge in [-0.25, -0.2) is 0 Å². The molecule has 0 fully saturated rings. The van der Waals surface area contributed by atoms with Crippen LogP contribution in [0.15, 0.2) is 0 Å². The normalized spacial score (nSPS) is 4.33. The molecule has 0 aliphatic carbocycles. The Morgan fingerprint density at radius 3 is 1.33 bits per heavy atom. The van der Waals surface area contributed by atoms with Gasteiger partial charge in [-0.3, -0.25) is 0 Å². The molecular weight excluding hydrogens is 273 g/mol. The topological polar surface area (TPSA) is 57.5 Å². The van der Waals surface area contributed by atoms with Crippen molar-refractivity contribution in [3.63, 3.8) is 0 Å². The van der Waals surface area contributed by atoms with Crippen LogP contribution in [0.2, 0.25) is 0 Å². The molecule has 0 aliphatic rings. The van der Waals surface area contributed by atoms with Crippen molar-refractivity contribution in [1.29, 1.82) is 0 Å². The van der Waals surface area contributed by atoms with E-state index in [9.17, 15) is 0 Å². The Kier molecular flexibility index (Phi) is 29.9. The molecule has 32 valence electrons. The van der Waals surface area contributed by atoms with Crippen LogP contribution in [0, 0.1) is 0 Å². The van der Waals surface area contributed by atoms with Crippen molar-refractivity contribution in [3.05, 3.63) is 0 Å². The van der Waals surface area contributed by atoms with Crippen LogP contribution in [0.4, 0.5) is 0 Å². The molecule has 3 nitrogen and oxygen atoms in total. The van der Waals surface area contributed by atoms with Crippen LogP contribution in [0.5, 0.6) is 0 Å². The predicted octanol–water partition coefficient (Wildman–Crippen LogP) is -3.07. The van der Waals surface area contributed by atoms with Gasteiger partial charge in [-0.05, 0) is 0 Å². The molecule has 0 atom stereocenters. The van der Waals surface area contributed by atoms with E-state index in [1.165, 1.54) is 0 Å². The maximum atomic E-state index is 8.81. The zero-order chi connectivity index (χ0) is 3.58. The summed E-state index contributed by atoms with van der Waals surface area (Å²) in [6, 6.07) is 0. The van der Waals surface area contributed by atoms with Gasteiger partial charge < -0.3 is 0 Å². The van der Waals surface area contributed by atoms with E-state index in [2.05, 4.69) is 0 Å². The average molecular weight is 279 g/mol. The summed E-state index contributed by atoms with van der Waals surface area (Å²) in [6.45, 7) is 0. The summed E-state index contributed by atoms with van der Waals surface area (Å²) >= 11 is -3.58. The van der Waals surface area contributed by atoms with Gasteiger partial charge in [-0.1, -0.05) is 0 Å². The zero-order valence-electron chi connectivity index (χ0n) is 1.80. The van der Waals surface area contributed by atoms with Crippen LogP contribution in [0.25, 0.3) is 0 Å². The molecule has 6 heavy (non-hydrogen) atoms. The van der Waals surface area contributed by atoms with Gasteiger partial charge in [0.15, 0.2) is 0 Å². The van der Waals surface area contributed by atoms with E-state index in [4.69, 9.17) is 10.7 Å². The van der Waals surface area contributed by atoms with Crippen LogP contribution in [-0.4, -0.2) is 94.0 Å². The Labute approximate surface area is 113 Å². The van der Waals surface area contributed by atoms with Crippen molar-refractivity contribution in [1.82, 2.24) is 0 Å². The molecule has 0 aliphatic heterocycles. The molecule has 0 saturated heterocycles. The summed E-state index contributed by atoms with van der Waals surface area (Å²) < 4.78 is 23.2. The Bertz CT molecular complexity index is 33.8. The van der Waals surface area contributed by atoms with E-state index in [1.54, 1.807) is 0 Å². The molecule has 0 spiro atoms. The van der Waals surface area contributed by atoms with E-state index in [0.717, 1.165) is 0 Å². The van der Waals surface area contributed by atoms with Gasteiger partial charge in [0.2, 0.25) is 0 Å². The van der Waals surface area contributed by atoms with Crippen molar-refractivity contribution in [2.24, 2.45) is 0 Å². The average Bonchev–Trinajstić information content (AvgIpc) is 0.811. The van der Waals surface area contributed by atoms with E-state index in [0.29, 0.717) is 0 Å². The van der Waals surface area contributed by atoms with Crippen molar-refractivity contribution in [2.75, 3.05) is 0 Å². The van der Waals surface area contributed by atoms with Crippen molar-refractivity contribution < 1.29 is 29.3 Å². The van der Waals surface area contributed by atoms with Crippen LogP contribution < -0.4 is 0 Å². The molecule has 0 heterocycles. The number of hydrogen-bond acceptors (Lipinski definition) is 1. The molecule has 0 aromatic rings. The van der Waals surface area contributed by atoms with Gasteiger partial charge in [0.1, 0.15) is 0 Å².